The van der Waals surface area contributed by atoms with E-state index in [1.807, 2.05) is 5.06 Å². The van der Waals surface area contributed by atoms with Crippen molar-refractivity contribution < 1.29 is 22.9 Å². The van der Waals surface area contributed by atoms with Crippen LogP contribution in [0.15, 0.2) is 0 Å². The van der Waals surface area contributed by atoms with Gasteiger partial charge < -0.3 is 5.11 Å². The summed E-state index contributed by atoms with van der Waals surface area (Å²) in [5.41, 5.74) is -0.101. The smallest absolute Gasteiger partial charge is 0.261 e. The summed E-state index contributed by atoms with van der Waals surface area (Å²) in [6, 6.07) is 2.51. The number of nitrogens with zero attached hydrogens (tertiary/aromatic N) is 2. The molecule has 0 bridgehead atoms. The highest BCUT2D eigenvalue weighted by Crippen LogP contribution is 2.44. The molecule has 150 valence electrons. The zero-order valence-electron chi connectivity index (χ0n) is 15.6. The normalized spacial score (nSPS) is 30.2. The van der Waals surface area contributed by atoms with Crippen molar-refractivity contribution in [3.05, 3.63) is 0 Å². The van der Waals surface area contributed by atoms with Crippen molar-refractivity contribution >= 4 is 10.1 Å². The van der Waals surface area contributed by atoms with Gasteiger partial charge in [0.05, 0.1) is 17.9 Å². The van der Waals surface area contributed by atoms with Gasteiger partial charge in [0.15, 0.2) is 0 Å². The first-order valence-electron chi connectivity index (χ1n) is 9.68. The molecule has 0 amide bonds. The third-order valence-corrected chi connectivity index (χ3v) is 5.72. The summed E-state index contributed by atoms with van der Waals surface area (Å²) in [5.74, 6) is 0.0452. The Balaban J connectivity index is 0.000000431. The maximum atomic E-state index is 9.79. The van der Waals surface area contributed by atoms with E-state index in [9.17, 15) is 18.8 Å². The Morgan fingerprint density at radius 2 is 1.69 bits per heavy atom. The molecule has 3 rings (SSSR count). The Morgan fingerprint density at radius 3 is 2.19 bits per heavy atom. The summed E-state index contributed by atoms with van der Waals surface area (Å²) in [7, 11) is -3.67. The molecule has 0 aromatic carbocycles. The summed E-state index contributed by atoms with van der Waals surface area (Å²) < 4.78 is 25.9. The second-order valence-electron chi connectivity index (χ2n) is 7.94. The molecule has 1 spiro atoms. The fourth-order valence-corrected chi connectivity index (χ4v) is 4.57. The van der Waals surface area contributed by atoms with Crippen LogP contribution in [-0.2, 0) is 15.0 Å². The van der Waals surface area contributed by atoms with Crippen molar-refractivity contribution in [1.29, 1.82) is 5.26 Å². The molecule has 2 unspecified atom stereocenters. The van der Waals surface area contributed by atoms with Gasteiger partial charge in [0, 0.05) is 18.6 Å². The van der Waals surface area contributed by atoms with Gasteiger partial charge in [-0.25, -0.2) is 0 Å². The summed E-state index contributed by atoms with van der Waals surface area (Å²) in [6.45, 7) is 0.104. The maximum absolute atomic E-state index is 9.79. The molecule has 2 N–H and O–H groups in total. The van der Waals surface area contributed by atoms with E-state index >= 15 is 0 Å². The molecule has 1 saturated heterocycles. The second kappa shape index (κ2) is 9.47. The van der Waals surface area contributed by atoms with Gasteiger partial charge in [-0.2, -0.15) is 18.7 Å². The number of nitriles is 1. The van der Waals surface area contributed by atoms with Crippen LogP contribution in [0.25, 0.3) is 0 Å². The second-order valence-corrected chi connectivity index (χ2v) is 9.41. The van der Waals surface area contributed by atoms with Gasteiger partial charge in [-0.3, -0.25) is 9.39 Å². The van der Waals surface area contributed by atoms with E-state index in [0.717, 1.165) is 32.1 Å². The molecule has 7 nitrogen and oxygen atoms in total. The first kappa shape index (κ1) is 21.6. The molecular weight excluding hydrogens is 356 g/mol. The largest absolute Gasteiger partial charge is 0.396 e. The maximum Gasteiger partial charge on any atom is 0.261 e. The average molecular weight is 389 g/mol. The minimum Gasteiger partial charge on any atom is -0.396 e. The molecule has 3 fully saturated rings. The minimum atomic E-state index is -3.67. The highest BCUT2D eigenvalue weighted by atomic mass is 32.2. The Hall–Kier alpha value is -0.720. The molecule has 1 heterocycles. The molecule has 0 aromatic rings. The van der Waals surface area contributed by atoms with Gasteiger partial charge in [0.2, 0.25) is 0 Å². The van der Waals surface area contributed by atoms with Gasteiger partial charge in [-0.15, -0.1) is 0 Å². The fourth-order valence-electron chi connectivity index (χ4n) is 4.57. The van der Waals surface area contributed by atoms with Gasteiger partial charge in [-0.05, 0) is 32.1 Å². The van der Waals surface area contributed by atoms with Gasteiger partial charge >= 0.3 is 0 Å². The summed E-state index contributed by atoms with van der Waals surface area (Å²) in [6.07, 6.45) is 13.5. The van der Waals surface area contributed by atoms with Crippen molar-refractivity contribution in [1.82, 2.24) is 5.06 Å². The molecule has 0 radical (unpaired) electrons. The molecule has 2 aliphatic carbocycles. The topological polar surface area (TPSA) is 111 Å². The Labute approximate surface area is 157 Å². The third-order valence-electron chi connectivity index (χ3n) is 5.72. The van der Waals surface area contributed by atoms with E-state index < -0.39 is 10.1 Å². The van der Waals surface area contributed by atoms with Crippen LogP contribution in [0, 0.1) is 17.2 Å². The van der Waals surface area contributed by atoms with Gasteiger partial charge in [-0.1, -0.05) is 38.5 Å². The standard InChI is InChI=1S/C17H28N2O2.CH4O3S/c18-12-16-14(13-20)11-17(9-5-2-6-10-17)21-19(16)15-7-3-1-4-8-15;1-5(2,3)4/h14-16,20H,1-11,13H2;1H3,(H,2,3,4). The first-order chi connectivity index (χ1) is 12.3. The van der Waals surface area contributed by atoms with Crippen molar-refractivity contribution in [3.8, 4) is 6.07 Å². The minimum absolute atomic E-state index is 0.0452. The highest BCUT2D eigenvalue weighted by molar-refractivity contribution is 7.85. The van der Waals surface area contributed by atoms with Crippen LogP contribution in [0.3, 0.4) is 0 Å². The quantitative estimate of drug-likeness (QED) is 0.700. The van der Waals surface area contributed by atoms with Gasteiger partial charge in [0.25, 0.3) is 10.1 Å². The van der Waals surface area contributed by atoms with Crippen LogP contribution in [0.5, 0.6) is 0 Å². The number of hydrogen-bond donors (Lipinski definition) is 2. The lowest BCUT2D eigenvalue weighted by molar-refractivity contribution is -0.328. The molecule has 2 saturated carbocycles. The lowest BCUT2D eigenvalue weighted by Gasteiger charge is -2.52. The van der Waals surface area contributed by atoms with E-state index in [0.29, 0.717) is 12.3 Å². The van der Waals surface area contributed by atoms with Crippen molar-refractivity contribution in [2.24, 2.45) is 5.92 Å². The molecule has 3 aliphatic rings. The monoisotopic (exact) mass is 388 g/mol. The summed E-state index contributed by atoms with van der Waals surface area (Å²) in [4.78, 5) is 6.49. The van der Waals surface area contributed by atoms with Crippen molar-refractivity contribution in [2.45, 2.75) is 88.3 Å². The summed E-state index contributed by atoms with van der Waals surface area (Å²) >= 11 is 0. The third kappa shape index (κ3) is 6.17. The van der Waals surface area contributed by atoms with Crippen LogP contribution in [-0.4, -0.2) is 53.7 Å². The predicted octanol–water partition coefficient (Wildman–Crippen LogP) is 2.66. The Kier molecular flexibility index (Phi) is 7.86. The van der Waals surface area contributed by atoms with E-state index in [-0.39, 0.29) is 24.2 Å². The lowest BCUT2D eigenvalue weighted by atomic mass is 9.75. The molecule has 26 heavy (non-hydrogen) atoms. The number of aliphatic hydroxyl groups excluding tert-OH is 1. The van der Waals surface area contributed by atoms with Crippen LogP contribution < -0.4 is 0 Å². The predicted molar refractivity (Wildman–Crippen MR) is 97.7 cm³/mol. The zero-order chi connectivity index (χ0) is 19.2. The van der Waals surface area contributed by atoms with E-state index in [4.69, 9.17) is 9.39 Å². The number of aliphatic hydroxyl groups is 1. The van der Waals surface area contributed by atoms with Crippen LogP contribution >= 0.6 is 0 Å². The van der Waals surface area contributed by atoms with Crippen LogP contribution in [0.1, 0.15) is 70.6 Å². The average Bonchev–Trinajstić information content (AvgIpc) is 2.61. The van der Waals surface area contributed by atoms with E-state index in [1.54, 1.807) is 0 Å². The van der Waals surface area contributed by atoms with Crippen molar-refractivity contribution in [3.63, 3.8) is 0 Å². The fraction of sp³-hybridized carbons (Fsp3) is 0.944. The van der Waals surface area contributed by atoms with Crippen molar-refractivity contribution in [2.75, 3.05) is 12.9 Å². The SMILES string of the molecule is CS(=O)(=O)O.N#CC1C(CO)CC2(CCCCC2)ON1C1CCCCC1. The molecule has 0 aromatic heterocycles. The first-order valence-corrected chi connectivity index (χ1v) is 11.5. The summed E-state index contributed by atoms with van der Waals surface area (Å²) in [5, 5.41) is 21.4. The number of hydrogen-bond acceptors (Lipinski definition) is 6. The van der Waals surface area contributed by atoms with Crippen LogP contribution in [0.4, 0.5) is 0 Å². The molecular formula is C18H32N2O5S. The number of rotatable bonds is 2. The highest BCUT2D eigenvalue weighted by Gasteiger charge is 2.48. The zero-order valence-corrected chi connectivity index (χ0v) is 16.5. The Morgan fingerprint density at radius 1 is 1.15 bits per heavy atom. The van der Waals surface area contributed by atoms with Gasteiger partial charge in [0.1, 0.15) is 6.04 Å². The molecule has 8 heteroatoms. The van der Waals surface area contributed by atoms with Crippen LogP contribution in [0.2, 0.25) is 0 Å². The molecule has 2 atom stereocenters. The Bertz CT molecular complexity index is 569. The molecule has 1 aliphatic heterocycles. The van der Waals surface area contributed by atoms with E-state index in [1.165, 1.54) is 38.5 Å². The number of hydroxylamine groups is 2. The lowest BCUT2D eigenvalue weighted by Crippen LogP contribution is -2.59. The van der Waals surface area contributed by atoms with E-state index in [2.05, 4.69) is 6.07 Å².